The first-order valence-corrected chi connectivity index (χ1v) is 10.8. The van der Waals surface area contributed by atoms with Gasteiger partial charge in [-0.25, -0.2) is 0 Å². The Hall–Kier alpha value is -3.63. The molecule has 0 bridgehead atoms. The Kier molecular flexibility index (Phi) is 7.79. The number of carbonyl (C=O) groups is 2. The van der Waals surface area contributed by atoms with E-state index in [1.165, 1.54) is 11.3 Å². The second-order valence-electron chi connectivity index (χ2n) is 6.65. The highest BCUT2D eigenvalue weighted by Gasteiger charge is 2.18. The number of nitriles is 1. The summed E-state index contributed by atoms with van der Waals surface area (Å²) in [7, 11) is 0. The molecule has 0 atom stereocenters. The van der Waals surface area contributed by atoms with Gasteiger partial charge in [-0.15, -0.1) is 11.3 Å². The molecular weight excluding hydrogens is 410 g/mol. The van der Waals surface area contributed by atoms with E-state index in [-0.39, 0.29) is 18.2 Å². The van der Waals surface area contributed by atoms with Gasteiger partial charge in [0.05, 0.1) is 24.0 Å². The second-order valence-corrected chi connectivity index (χ2v) is 7.60. The highest BCUT2D eigenvalue weighted by Crippen LogP contribution is 2.22. The first kappa shape index (κ1) is 22.1. The third-order valence-electron chi connectivity index (χ3n) is 4.55. The molecule has 3 aromatic rings. The van der Waals surface area contributed by atoms with Crippen molar-refractivity contribution in [2.24, 2.45) is 0 Å². The predicted molar refractivity (Wildman–Crippen MR) is 121 cm³/mol. The summed E-state index contributed by atoms with van der Waals surface area (Å²) in [5, 5.41) is 13.7. The standard InChI is InChI=1S/C24H23N3O3S/c1-2-30-21-12-10-20(11-13-21)27(15-4-14-25)24(29)19-8-6-18(7-9-19)17-26-23(28)22-5-3-16-31-22/h3,5-13,16H,2,4,15,17H2,1H3,(H,26,28). The topological polar surface area (TPSA) is 82.4 Å². The average Bonchev–Trinajstić information content (AvgIpc) is 3.34. The Bertz CT molecular complexity index is 1040. The summed E-state index contributed by atoms with van der Waals surface area (Å²) < 4.78 is 5.46. The van der Waals surface area contributed by atoms with Crippen LogP contribution in [0.4, 0.5) is 5.69 Å². The fraction of sp³-hybridized carbons (Fsp3) is 0.208. The van der Waals surface area contributed by atoms with E-state index in [4.69, 9.17) is 10.00 Å². The van der Waals surface area contributed by atoms with Crippen molar-refractivity contribution >= 4 is 28.8 Å². The number of carbonyl (C=O) groups excluding carboxylic acids is 2. The number of benzene rings is 2. The maximum absolute atomic E-state index is 13.1. The second kappa shape index (κ2) is 11.0. The number of thiophene rings is 1. The van der Waals surface area contributed by atoms with Gasteiger partial charge in [-0.05, 0) is 60.3 Å². The van der Waals surface area contributed by atoms with Crippen LogP contribution in [0.3, 0.4) is 0 Å². The van der Waals surface area contributed by atoms with Crippen molar-refractivity contribution < 1.29 is 14.3 Å². The zero-order valence-electron chi connectivity index (χ0n) is 17.2. The van der Waals surface area contributed by atoms with E-state index in [0.717, 1.165) is 11.3 Å². The van der Waals surface area contributed by atoms with Crippen LogP contribution in [0.1, 0.15) is 38.9 Å². The van der Waals surface area contributed by atoms with Crippen molar-refractivity contribution in [3.63, 3.8) is 0 Å². The molecule has 0 saturated carbocycles. The molecule has 3 rings (SSSR count). The van der Waals surface area contributed by atoms with Crippen LogP contribution in [0.2, 0.25) is 0 Å². The van der Waals surface area contributed by atoms with E-state index in [0.29, 0.717) is 35.8 Å². The summed E-state index contributed by atoms with van der Waals surface area (Å²) in [6.07, 6.45) is 0.228. The molecule has 158 valence electrons. The van der Waals surface area contributed by atoms with Gasteiger partial charge in [-0.1, -0.05) is 18.2 Å². The number of hydrogen-bond acceptors (Lipinski definition) is 5. The SMILES string of the molecule is CCOc1ccc(N(CCC#N)C(=O)c2ccc(CNC(=O)c3cccs3)cc2)cc1. The van der Waals surface area contributed by atoms with Crippen molar-refractivity contribution in [3.8, 4) is 11.8 Å². The zero-order chi connectivity index (χ0) is 22.1. The highest BCUT2D eigenvalue weighted by atomic mass is 32.1. The number of hydrogen-bond donors (Lipinski definition) is 1. The quantitative estimate of drug-likeness (QED) is 0.533. The molecule has 1 aromatic heterocycles. The van der Waals surface area contributed by atoms with Gasteiger partial charge in [0, 0.05) is 24.3 Å². The Morgan fingerprint density at radius 1 is 1.10 bits per heavy atom. The third kappa shape index (κ3) is 5.93. The van der Waals surface area contributed by atoms with Crippen LogP contribution in [0.15, 0.2) is 66.0 Å². The molecule has 0 fully saturated rings. The molecule has 0 unspecified atom stereocenters. The Morgan fingerprint density at radius 3 is 2.45 bits per heavy atom. The first-order valence-electron chi connectivity index (χ1n) is 9.94. The smallest absolute Gasteiger partial charge is 0.261 e. The molecule has 1 heterocycles. The highest BCUT2D eigenvalue weighted by molar-refractivity contribution is 7.12. The van der Waals surface area contributed by atoms with Gasteiger partial charge in [0.2, 0.25) is 0 Å². The van der Waals surface area contributed by atoms with Gasteiger partial charge in [0.1, 0.15) is 5.75 Å². The normalized spacial score (nSPS) is 10.2. The molecule has 0 aliphatic heterocycles. The number of ether oxygens (including phenoxy) is 1. The minimum atomic E-state index is -0.186. The van der Waals surface area contributed by atoms with Crippen LogP contribution in [0.25, 0.3) is 0 Å². The first-order chi connectivity index (χ1) is 15.1. The van der Waals surface area contributed by atoms with Crippen LogP contribution in [0.5, 0.6) is 5.75 Å². The van der Waals surface area contributed by atoms with Gasteiger partial charge >= 0.3 is 0 Å². The summed E-state index contributed by atoms with van der Waals surface area (Å²) >= 11 is 1.39. The number of anilines is 1. The molecule has 2 amide bonds. The van der Waals surface area contributed by atoms with Crippen molar-refractivity contribution in [1.29, 1.82) is 5.26 Å². The maximum Gasteiger partial charge on any atom is 0.261 e. The summed E-state index contributed by atoms with van der Waals surface area (Å²) in [5.41, 5.74) is 2.11. The van der Waals surface area contributed by atoms with Crippen LogP contribution < -0.4 is 15.0 Å². The molecule has 1 N–H and O–H groups in total. The van der Waals surface area contributed by atoms with E-state index < -0.39 is 0 Å². The zero-order valence-corrected chi connectivity index (χ0v) is 18.0. The summed E-state index contributed by atoms with van der Waals surface area (Å²) in [4.78, 5) is 27.4. The predicted octanol–water partition coefficient (Wildman–Crippen LogP) is 4.64. The number of nitrogens with zero attached hydrogens (tertiary/aromatic N) is 2. The van der Waals surface area contributed by atoms with E-state index in [1.54, 1.807) is 23.1 Å². The average molecular weight is 434 g/mol. The maximum atomic E-state index is 13.1. The van der Waals surface area contributed by atoms with E-state index in [2.05, 4.69) is 11.4 Å². The lowest BCUT2D eigenvalue weighted by Crippen LogP contribution is -2.31. The van der Waals surface area contributed by atoms with Crippen LogP contribution in [-0.4, -0.2) is 25.0 Å². The Morgan fingerprint density at radius 2 is 1.84 bits per heavy atom. The lowest BCUT2D eigenvalue weighted by Gasteiger charge is -2.22. The molecule has 0 aliphatic carbocycles. The molecule has 6 nitrogen and oxygen atoms in total. The van der Waals surface area contributed by atoms with Crippen molar-refractivity contribution in [1.82, 2.24) is 5.32 Å². The molecule has 0 radical (unpaired) electrons. The molecule has 0 saturated heterocycles. The molecule has 0 spiro atoms. The largest absolute Gasteiger partial charge is 0.494 e. The fourth-order valence-corrected chi connectivity index (χ4v) is 3.64. The third-order valence-corrected chi connectivity index (χ3v) is 5.42. The molecule has 31 heavy (non-hydrogen) atoms. The van der Waals surface area contributed by atoms with Crippen molar-refractivity contribution in [3.05, 3.63) is 82.0 Å². The number of nitrogens with one attached hydrogen (secondary N) is 1. The van der Waals surface area contributed by atoms with Crippen LogP contribution >= 0.6 is 11.3 Å². The summed E-state index contributed by atoms with van der Waals surface area (Å²) in [5.74, 6) is 0.426. The number of rotatable bonds is 9. The Balaban J connectivity index is 1.69. The molecule has 0 aliphatic rings. The van der Waals surface area contributed by atoms with Gasteiger partial charge < -0.3 is 15.0 Å². The number of amides is 2. The lowest BCUT2D eigenvalue weighted by molar-refractivity contribution is 0.0952. The van der Waals surface area contributed by atoms with Crippen LogP contribution in [0, 0.1) is 11.3 Å². The molecule has 7 heteroatoms. The van der Waals surface area contributed by atoms with Gasteiger partial charge in [-0.3, -0.25) is 9.59 Å². The monoisotopic (exact) mass is 433 g/mol. The Labute approximate surface area is 185 Å². The lowest BCUT2D eigenvalue weighted by atomic mass is 10.1. The minimum Gasteiger partial charge on any atom is -0.494 e. The van der Waals surface area contributed by atoms with Gasteiger partial charge in [-0.2, -0.15) is 5.26 Å². The van der Waals surface area contributed by atoms with Gasteiger partial charge in [0.25, 0.3) is 11.8 Å². The summed E-state index contributed by atoms with van der Waals surface area (Å²) in [6, 6.07) is 20.1. The minimum absolute atomic E-state index is 0.117. The van der Waals surface area contributed by atoms with E-state index in [1.807, 2.05) is 54.8 Å². The molecule has 2 aromatic carbocycles. The van der Waals surface area contributed by atoms with E-state index in [9.17, 15) is 9.59 Å². The van der Waals surface area contributed by atoms with Crippen LogP contribution in [-0.2, 0) is 6.54 Å². The fourth-order valence-electron chi connectivity index (χ4n) is 3.00. The van der Waals surface area contributed by atoms with Crippen molar-refractivity contribution in [2.45, 2.75) is 19.9 Å². The summed E-state index contributed by atoms with van der Waals surface area (Å²) in [6.45, 7) is 3.15. The van der Waals surface area contributed by atoms with Crippen molar-refractivity contribution in [2.75, 3.05) is 18.1 Å². The molecular formula is C24H23N3O3S. The van der Waals surface area contributed by atoms with E-state index >= 15 is 0 Å². The van der Waals surface area contributed by atoms with Gasteiger partial charge in [0.15, 0.2) is 0 Å².